The van der Waals surface area contributed by atoms with Gasteiger partial charge in [-0.2, -0.15) is 0 Å². The number of anilines is 2. The summed E-state index contributed by atoms with van der Waals surface area (Å²) in [7, 11) is 0. The van der Waals surface area contributed by atoms with Crippen LogP contribution in [0.1, 0.15) is 62.0 Å². The molecule has 0 aliphatic rings. The zero-order valence-corrected chi connectivity index (χ0v) is 22.3. The lowest BCUT2D eigenvalue weighted by Crippen LogP contribution is -2.38. The van der Waals surface area contributed by atoms with Crippen LogP contribution >= 0.6 is 0 Å². The molecule has 6 heteroatoms. The first kappa shape index (κ1) is 27.9. The number of benzene rings is 3. The van der Waals surface area contributed by atoms with Gasteiger partial charge in [-0.25, -0.2) is 9.18 Å². The van der Waals surface area contributed by atoms with E-state index in [0.717, 1.165) is 42.3 Å². The zero-order valence-electron chi connectivity index (χ0n) is 22.3. The van der Waals surface area contributed by atoms with E-state index >= 15 is 0 Å². The molecule has 0 aromatic heterocycles. The van der Waals surface area contributed by atoms with Crippen molar-refractivity contribution < 1.29 is 19.1 Å². The van der Waals surface area contributed by atoms with Crippen LogP contribution in [0.5, 0.6) is 0 Å². The fourth-order valence-electron chi connectivity index (χ4n) is 4.65. The highest BCUT2D eigenvalue weighted by molar-refractivity contribution is 5.99. The minimum Gasteiger partial charge on any atom is -0.478 e. The van der Waals surface area contributed by atoms with Crippen molar-refractivity contribution >= 4 is 23.3 Å². The number of carbonyl (C=O) groups excluding carboxylic acids is 1. The second-order valence-corrected chi connectivity index (χ2v) is 9.95. The van der Waals surface area contributed by atoms with E-state index in [9.17, 15) is 19.1 Å². The monoisotopic (exact) mass is 504 g/mol. The maximum Gasteiger partial charge on any atom is 0.336 e. The van der Waals surface area contributed by atoms with E-state index in [4.69, 9.17) is 0 Å². The predicted octanol–water partition coefficient (Wildman–Crippen LogP) is 7.33. The van der Waals surface area contributed by atoms with Crippen molar-refractivity contribution in [3.63, 3.8) is 0 Å². The topological polar surface area (TPSA) is 69.6 Å². The Kier molecular flexibility index (Phi) is 9.45. The number of carboxylic acid groups (broad SMARTS) is 1. The molecule has 0 radical (unpaired) electrons. The highest BCUT2D eigenvalue weighted by Crippen LogP contribution is 2.36. The van der Waals surface area contributed by atoms with E-state index in [-0.39, 0.29) is 29.5 Å². The van der Waals surface area contributed by atoms with Gasteiger partial charge in [0.2, 0.25) is 5.91 Å². The third-order valence-electron chi connectivity index (χ3n) is 6.53. The Bertz CT molecular complexity index is 1230. The van der Waals surface area contributed by atoms with Crippen LogP contribution < -0.4 is 10.2 Å². The number of amides is 1. The van der Waals surface area contributed by atoms with Gasteiger partial charge < -0.3 is 15.3 Å². The zero-order chi connectivity index (χ0) is 27.1. The molecule has 2 N–H and O–H groups in total. The third kappa shape index (κ3) is 7.19. The smallest absolute Gasteiger partial charge is 0.336 e. The maximum absolute atomic E-state index is 14.2. The Morgan fingerprint density at radius 2 is 1.65 bits per heavy atom. The van der Waals surface area contributed by atoms with E-state index < -0.39 is 11.8 Å². The number of carbonyl (C=O) groups is 2. The molecule has 3 aromatic carbocycles. The summed E-state index contributed by atoms with van der Waals surface area (Å²) in [4.78, 5) is 27.3. The highest BCUT2D eigenvalue weighted by atomic mass is 19.1. The van der Waals surface area contributed by atoms with Crippen molar-refractivity contribution in [3.05, 3.63) is 83.2 Å². The molecular formula is C31H37FN2O3. The van der Waals surface area contributed by atoms with Crippen LogP contribution in [0.4, 0.5) is 15.8 Å². The van der Waals surface area contributed by atoms with Gasteiger partial charge in [0.1, 0.15) is 5.82 Å². The molecule has 0 aliphatic carbocycles. The van der Waals surface area contributed by atoms with Gasteiger partial charge in [0, 0.05) is 12.6 Å². The van der Waals surface area contributed by atoms with Crippen molar-refractivity contribution in [2.45, 2.75) is 59.9 Å². The highest BCUT2D eigenvalue weighted by Gasteiger charge is 2.22. The Hall–Kier alpha value is -3.67. The maximum atomic E-state index is 14.2. The van der Waals surface area contributed by atoms with Gasteiger partial charge >= 0.3 is 5.97 Å². The number of halogens is 1. The molecule has 3 aromatic rings. The van der Waals surface area contributed by atoms with E-state index in [1.807, 2.05) is 43.3 Å². The largest absolute Gasteiger partial charge is 0.478 e. The van der Waals surface area contributed by atoms with Gasteiger partial charge in [-0.3, -0.25) is 4.79 Å². The quantitative estimate of drug-likeness (QED) is 0.287. The van der Waals surface area contributed by atoms with Gasteiger partial charge in [0.15, 0.2) is 0 Å². The molecule has 196 valence electrons. The SMILES string of the molecule is CCC(CC)N(CC(C)C)c1ccc(-c2cc(F)ccc2C(=O)O)cc1NC(=O)Cc1ccc(C)cc1. The van der Waals surface area contributed by atoms with Crippen molar-refractivity contribution in [1.82, 2.24) is 0 Å². The van der Waals surface area contributed by atoms with Crippen LogP contribution in [0.3, 0.4) is 0 Å². The Labute approximate surface area is 219 Å². The first-order valence-electron chi connectivity index (χ1n) is 12.9. The van der Waals surface area contributed by atoms with Gasteiger partial charge in [-0.05, 0) is 72.7 Å². The molecule has 0 bridgehead atoms. The molecular weight excluding hydrogens is 467 g/mol. The summed E-state index contributed by atoms with van der Waals surface area (Å²) in [5, 5.41) is 12.8. The lowest BCUT2D eigenvalue weighted by Gasteiger charge is -2.36. The van der Waals surface area contributed by atoms with E-state index in [1.165, 1.54) is 12.1 Å². The minimum absolute atomic E-state index is 0.00473. The summed E-state index contributed by atoms with van der Waals surface area (Å²) in [5.41, 5.74) is 4.28. The van der Waals surface area contributed by atoms with Crippen LogP contribution in [0.2, 0.25) is 0 Å². The van der Waals surface area contributed by atoms with Crippen LogP contribution in [-0.4, -0.2) is 29.6 Å². The molecule has 0 atom stereocenters. The second kappa shape index (κ2) is 12.5. The summed E-state index contributed by atoms with van der Waals surface area (Å²) in [6.45, 7) is 11.4. The molecule has 0 spiro atoms. The predicted molar refractivity (Wildman–Crippen MR) is 149 cm³/mol. The molecule has 0 aliphatic heterocycles. The van der Waals surface area contributed by atoms with Crippen LogP contribution in [0.15, 0.2) is 60.7 Å². The number of aryl methyl sites for hydroxylation is 1. The van der Waals surface area contributed by atoms with Gasteiger partial charge in [0.05, 0.1) is 23.4 Å². The lowest BCUT2D eigenvalue weighted by molar-refractivity contribution is -0.115. The number of rotatable bonds is 11. The summed E-state index contributed by atoms with van der Waals surface area (Å²) in [6.07, 6.45) is 2.09. The average molecular weight is 505 g/mol. The minimum atomic E-state index is -1.14. The standard InChI is InChI=1S/C31H37FN2O3/c1-6-25(7-2)34(19-20(3)4)29-15-12-23(27-18-24(32)13-14-26(27)31(36)37)17-28(29)33-30(35)16-22-10-8-21(5)9-11-22/h8-15,17-18,20,25H,6-7,16,19H2,1-5H3,(H,33,35)(H,36,37). The fourth-order valence-corrected chi connectivity index (χ4v) is 4.65. The van der Waals surface area contributed by atoms with Crippen molar-refractivity contribution in [2.24, 2.45) is 5.92 Å². The summed E-state index contributed by atoms with van der Waals surface area (Å²) >= 11 is 0. The van der Waals surface area contributed by atoms with Crippen LogP contribution in [0, 0.1) is 18.7 Å². The first-order chi connectivity index (χ1) is 17.6. The van der Waals surface area contributed by atoms with Gasteiger partial charge in [-0.15, -0.1) is 0 Å². The van der Waals surface area contributed by atoms with E-state index in [2.05, 4.69) is 37.9 Å². The molecule has 37 heavy (non-hydrogen) atoms. The number of nitrogens with one attached hydrogen (secondary N) is 1. The number of nitrogens with zero attached hydrogens (tertiary/aromatic N) is 1. The van der Waals surface area contributed by atoms with Crippen molar-refractivity contribution in [2.75, 3.05) is 16.8 Å². The Morgan fingerprint density at radius 1 is 0.973 bits per heavy atom. The third-order valence-corrected chi connectivity index (χ3v) is 6.53. The second-order valence-electron chi connectivity index (χ2n) is 9.95. The van der Waals surface area contributed by atoms with E-state index in [1.54, 1.807) is 6.07 Å². The Morgan fingerprint density at radius 3 is 2.24 bits per heavy atom. The summed E-state index contributed by atoms with van der Waals surface area (Å²) in [5.74, 6) is -1.44. The molecule has 0 heterocycles. The Balaban J connectivity index is 2.10. The molecule has 3 rings (SSSR count). The summed E-state index contributed by atoms with van der Waals surface area (Å²) in [6, 6.07) is 17.2. The number of carboxylic acids is 1. The van der Waals surface area contributed by atoms with E-state index in [0.29, 0.717) is 17.2 Å². The number of hydrogen-bond donors (Lipinski definition) is 2. The molecule has 0 saturated carbocycles. The summed E-state index contributed by atoms with van der Waals surface area (Å²) < 4.78 is 14.2. The van der Waals surface area contributed by atoms with Crippen molar-refractivity contribution in [3.8, 4) is 11.1 Å². The van der Waals surface area contributed by atoms with Crippen LogP contribution in [-0.2, 0) is 11.2 Å². The molecule has 1 amide bonds. The van der Waals surface area contributed by atoms with Gasteiger partial charge in [-0.1, -0.05) is 63.6 Å². The van der Waals surface area contributed by atoms with Gasteiger partial charge in [0.25, 0.3) is 0 Å². The normalized spacial score (nSPS) is 11.1. The first-order valence-corrected chi connectivity index (χ1v) is 12.9. The average Bonchev–Trinajstić information content (AvgIpc) is 2.85. The fraction of sp³-hybridized carbons (Fsp3) is 0.355. The number of hydrogen-bond acceptors (Lipinski definition) is 3. The van der Waals surface area contributed by atoms with Crippen molar-refractivity contribution in [1.29, 1.82) is 0 Å². The molecule has 0 saturated heterocycles. The van der Waals surface area contributed by atoms with Crippen LogP contribution in [0.25, 0.3) is 11.1 Å². The number of aromatic carboxylic acids is 1. The lowest BCUT2D eigenvalue weighted by atomic mass is 9.97. The molecule has 0 fully saturated rings. The molecule has 5 nitrogen and oxygen atoms in total. The molecule has 0 unspecified atom stereocenters.